The molecule has 4 rings (SSSR count). The van der Waals surface area contributed by atoms with Crippen LogP contribution in [0.2, 0.25) is 0 Å². The van der Waals surface area contributed by atoms with E-state index in [9.17, 15) is 13.2 Å². The molecular weight excluding hydrogens is 374 g/mol. The van der Waals surface area contributed by atoms with Crippen LogP contribution in [0.3, 0.4) is 0 Å². The van der Waals surface area contributed by atoms with Gasteiger partial charge in [-0.2, -0.15) is 5.10 Å². The second-order valence-electron chi connectivity index (χ2n) is 7.02. The number of aryl methyl sites for hydroxylation is 1. The SMILES string of the molecule is Cc1ccc(-c2n[nH]c(=O)c3c2CCCC3)cc1S(=O)(=O)Nc1ccccc1. The minimum absolute atomic E-state index is 0.149. The molecule has 3 aromatic rings. The van der Waals surface area contributed by atoms with Gasteiger partial charge in [0, 0.05) is 16.8 Å². The molecule has 0 amide bonds. The largest absolute Gasteiger partial charge is 0.280 e. The number of fused-ring (bicyclic) bond motifs is 1. The number of rotatable bonds is 4. The summed E-state index contributed by atoms with van der Waals surface area (Å²) in [7, 11) is -3.75. The van der Waals surface area contributed by atoms with Crippen molar-refractivity contribution in [2.75, 3.05) is 4.72 Å². The van der Waals surface area contributed by atoms with E-state index in [1.54, 1.807) is 43.3 Å². The number of H-pyrrole nitrogens is 1. The molecule has 28 heavy (non-hydrogen) atoms. The maximum absolute atomic E-state index is 13.0. The maximum atomic E-state index is 13.0. The number of sulfonamides is 1. The lowest BCUT2D eigenvalue weighted by Gasteiger charge is -2.18. The summed E-state index contributed by atoms with van der Waals surface area (Å²) in [5.74, 6) is 0. The minimum Gasteiger partial charge on any atom is -0.280 e. The Labute approximate surface area is 163 Å². The Morgan fingerprint density at radius 3 is 2.46 bits per heavy atom. The van der Waals surface area contributed by atoms with Crippen LogP contribution in [0.15, 0.2) is 58.2 Å². The number of benzene rings is 2. The third kappa shape index (κ3) is 3.45. The second kappa shape index (κ2) is 7.24. The molecule has 0 bridgehead atoms. The molecule has 0 saturated carbocycles. The van der Waals surface area contributed by atoms with Crippen LogP contribution < -0.4 is 10.3 Å². The van der Waals surface area contributed by atoms with Crippen LogP contribution in [-0.2, 0) is 22.9 Å². The van der Waals surface area contributed by atoms with Crippen molar-refractivity contribution in [1.29, 1.82) is 0 Å². The average Bonchev–Trinajstić information content (AvgIpc) is 2.69. The number of nitrogens with zero attached hydrogens (tertiary/aromatic N) is 1. The summed E-state index contributed by atoms with van der Waals surface area (Å²) in [6.07, 6.45) is 3.48. The zero-order valence-electron chi connectivity index (χ0n) is 15.5. The van der Waals surface area contributed by atoms with Gasteiger partial charge < -0.3 is 0 Å². The van der Waals surface area contributed by atoms with Gasteiger partial charge in [0.2, 0.25) is 0 Å². The number of hydrogen-bond acceptors (Lipinski definition) is 4. The van der Waals surface area contributed by atoms with Gasteiger partial charge in [-0.15, -0.1) is 0 Å². The molecular formula is C21H21N3O3S. The normalized spacial score (nSPS) is 13.8. The van der Waals surface area contributed by atoms with Crippen LogP contribution in [0.4, 0.5) is 5.69 Å². The van der Waals surface area contributed by atoms with Crippen molar-refractivity contribution >= 4 is 15.7 Å². The highest BCUT2D eigenvalue weighted by Gasteiger charge is 2.22. The van der Waals surface area contributed by atoms with Crippen molar-refractivity contribution in [3.63, 3.8) is 0 Å². The van der Waals surface area contributed by atoms with E-state index in [1.807, 2.05) is 12.1 Å². The molecule has 0 atom stereocenters. The summed E-state index contributed by atoms with van der Waals surface area (Å²) < 4.78 is 28.5. The number of para-hydroxylation sites is 1. The topological polar surface area (TPSA) is 91.9 Å². The molecule has 0 fully saturated rings. The number of anilines is 1. The molecule has 2 aromatic carbocycles. The van der Waals surface area contributed by atoms with Gasteiger partial charge in [0.05, 0.1) is 10.6 Å². The smallest absolute Gasteiger partial charge is 0.267 e. The minimum atomic E-state index is -3.75. The van der Waals surface area contributed by atoms with Crippen molar-refractivity contribution in [3.05, 3.63) is 75.6 Å². The predicted octanol–water partition coefficient (Wildman–Crippen LogP) is 3.42. The zero-order valence-corrected chi connectivity index (χ0v) is 16.3. The van der Waals surface area contributed by atoms with Crippen LogP contribution in [0.25, 0.3) is 11.3 Å². The van der Waals surface area contributed by atoms with Gasteiger partial charge in [-0.25, -0.2) is 13.5 Å². The maximum Gasteiger partial charge on any atom is 0.267 e. The lowest BCUT2D eigenvalue weighted by atomic mass is 9.90. The molecule has 1 heterocycles. The van der Waals surface area contributed by atoms with E-state index < -0.39 is 10.0 Å². The molecule has 144 valence electrons. The fourth-order valence-corrected chi connectivity index (χ4v) is 4.98. The Morgan fingerprint density at radius 2 is 1.71 bits per heavy atom. The molecule has 1 aliphatic rings. The molecule has 0 radical (unpaired) electrons. The summed E-state index contributed by atoms with van der Waals surface area (Å²) in [5.41, 5.74) is 4.04. The van der Waals surface area contributed by atoms with E-state index in [2.05, 4.69) is 14.9 Å². The van der Waals surface area contributed by atoms with E-state index >= 15 is 0 Å². The quantitative estimate of drug-likeness (QED) is 0.708. The number of nitrogens with one attached hydrogen (secondary N) is 2. The Morgan fingerprint density at radius 1 is 1.00 bits per heavy atom. The first-order chi connectivity index (χ1) is 13.5. The van der Waals surface area contributed by atoms with Gasteiger partial charge in [-0.3, -0.25) is 9.52 Å². The summed E-state index contributed by atoms with van der Waals surface area (Å²) >= 11 is 0. The first-order valence-corrected chi connectivity index (χ1v) is 10.7. The summed E-state index contributed by atoms with van der Waals surface area (Å²) in [6.45, 7) is 1.76. The van der Waals surface area contributed by atoms with Crippen molar-refractivity contribution in [2.45, 2.75) is 37.5 Å². The summed E-state index contributed by atoms with van der Waals surface area (Å²) in [6, 6.07) is 14.1. The van der Waals surface area contributed by atoms with E-state index in [4.69, 9.17) is 0 Å². The monoisotopic (exact) mass is 395 g/mol. The van der Waals surface area contributed by atoms with Crippen LogP contribution in [-0.4, -0.2) is 18.6 Å². The molecule has 7 heteroatoms. The van der Waals surface area contributed by atoms with Crippen molar-refractivity contribution in [1.82, 2.24) is 10.2 Å². The molecule has 0 aliphatic heterocycles. The Balaban J connectivity index is 1.80. The van der Waals surface area contributed by atoms with Crippen molar-refractivity contribution in [2.24, 2.45) is 0 Å². The standard InChI is InChI=1S/C21H21N3O3S/c1-14-11-12-15(20-17-9-5-6-10-18(17)21(25)23-22-20)13-19(14)28(26,27)24-16-7-3-2-4-8-16/h2-4,7-8,11-13,24H,5-6,9-10H2,1H3,(H,23,25). The van der Waals surface area contributed by atoms with Crippen molar-refractivity contribution in [3.8, 4) is 11.3 Å². The van der Waals surface area contributed by atoms with Gasteiger partial charge >= 0.3 is 0 Å². The Bertz CT molecular complexity index is 1190. The summed E-state index contributed by atoms with van der Waals surface area (Å²) in [5, 5.41) is 6.81. The van der Waals surface area contributed by atoms with Crippen LogP contribution in [0.1, 0.15) is 29.5 Å². The van der Waals surface area contributed by atoms with Gasteiger partial charge in [-0.05, 0) is 61.9 Å². The molecule has 2 N–H and O–H groups in total. The number of hydrogen-bond donors (Lipinski definition) is 2. The molecule has 0 spiro atoms. The van der Waals surface area contributed by atoms with Gasteiger partial charge in [0.15, 0.2) is 0 Å². The van der Waals surface area contributed by atoms with Crippen molar-refractivity contribution < 1.29 is 8.42 Å². The molecule has 1 aromatic heterocycles. The average molecular weight is 395 g/mol. The highest BCUT2D eigenvalue weighted by atomic mass is 32.2. The fraction of sp³-hybridized carbons (Fsp3) is 0.238. The van der Waals surface area contributed by atoms with E-state index in [-0.39, 0.29) is 10.5 Å². The predicted molar refractivity (Wildman–Crippen MR) is 109 cm³/mol. The zero-order chi connectivity index (χ0) is 19.7. The van der Waals surface area contributed by atoms with E-state index in [0.717, 1.165) is 36.8 Å². The Kier molecular flexibility index (Phi) is 4.77. The van der Waals surface area contributed by atoms with E-state index in [0.29, 0.717) is 22.5 Å². The van der Waals surface area contributed by atoms with Crippen LogP contribution in [0, 0.1) is 6.92 Å². The van der Waals surface area contributed by atoms with Gasteiger partial charge in [0.1, 0.15) is 0 Å². The third-order valence-electron chi connectivity index (χ3n) is 5.07. The molecule has 1 aliphatic carbocycles. The molecule has 6 nitrogen and oxygen atoms in total. The fourth-order valence-electron chi connectivity index (χ4n) is 3.65. The van der Waals surface area contributed by atoms with Crippen LogP contribution in [0.5, 0.6) is 0 Å². The lowest BCUT2D eigenvalue weighted by molar-refractivity contribution is 0.600. The van der Waals surface area contributed by atoms with E-state index in [1.165, 1.54) is 0 Å². The first kappa shape index (κ1) is 18.4. The second-order valence-corrected chi connectivity index (χ2v) is 8.67. The summed E-state index contributed by atoms with van der Waals surface area (Å²) in [4.78, 5) is 12.3. The molecule has 0 unspecified atom stereocenters. The third-order valence-corrected chi connectivity index (χ3v) is 6.60. The number of aromatic nitrogens is 2. The van der Waals surface area contributed by atoms with Gasteiger partial charge in [-0.1, -0.05) is 30.3 Å². The first-order valence-electron chi connectivity index (χ1n) is 9.25. The molecule has 0 saturated heterocycles. The highest BCUT2D eigenvalue weighted by Crippen LogP contribution is 2.30. The Hall–Kier alpha value is -2.93. The lowest BCUT2D eigenvalue weighted by Crippen LogP contribution is -2.21. The van der Waals surface area contributed by atoms with Gasteiger partial charge in [0.25, 0.3) is 15.6 Å². The number of aromatic amines is 1. The van der Waals surface area contributed by atoms with Crippen LogP contribution >= 0.6 is 0 Å². The highest BCUT2D eigenvalue weighted by molar-refractivity contribution is 7.92.